The summed E-state index contributed by atoms with van der Waals surface area (Å²) in [7, 11) is 0. The quantitative estimate of drug-likeness (QED) is 0.533. The van der Waals surface area contributed by atoms with Gasteiger partial charge in [0.1, 0.15) is 16.7 Å². The minimum atomic E-state index is -0.0399. The molecule has 4 heterocycles. The average Bonchev–Trinajstić information content (AvgIpc) is 3.30. The number of ether oxygens (including phenoxy) is 1. The number of rotatable bonds is 4. The van der Waals surface area contributed by atoms with Crippen LogP contribution < -0.4 is 5.56 Å². The Hall–Kier alpha value is -2.80. The van der Waals surface area contributed by atoms with Gasteiger partial charge < -0.3 is 9.30 Å². The Morgan fingerprint density at radius 2 is 1.86 bits per heavy atom. The lowest BCUT2D eigenvalue weighted by molar-refractivity contribution is 0.0986. The van der Waals surface area contributed by atoms with Crippen LogP contribution in [0.4, 0.5) is 0 Å². The topological polar surface area (TPSA) is 74.8 Å². The highest BCUT2D eigenvalue weighted by atomic mass is 16.5. The molecule has 1 aliphatic rings. The number of benzene rings is 1. The molecule has 0 radical (unpaired) electrons. The first-order chi connectivity index (χ1) is 14.0. The summed E-state index contributed by atoms with van der Waals surface area (Å²) in [6.07, 6.45) is 2.18. The summed E-state index contributed by atoms with van der Waals surface area (Å²) in [6.45, 7) is 8.15. The average molecular weight is 391 g/mol. The number of aromatic nitrogens is 5. The first-order valence-electron chi connectivity index (χ1n) is 10.3. The Labute approximate surface area is 168 Å². The zero-order valence-corrected chi connectivity index (χ0v) is 17.1. The second kappa shape index (κ2) is 6.91. The van der Waals surface area contributed by atoms with Crippen molar-refractivity contribution in [3.63, 3.8) is 0 Å². The predicted molar refractivity (Wildman–Crippen MR) is 113 cm³/mol. The molecule has 0 saturated carbocycles. The Bertz CT molecular complexity index is 1280. The molecule has 0 aliphatic carbocycles. The summed E-state index contributed by atoms with van der Waals surface area (Å²) in [6, 6.07) is 7.77. The van der Waals surface area contributed by atoms with Crippen molar-refractivity contribution in [3.05, 3.63) is 40.4 Å². The Kier molecular flexibility index (Phi) is 4.35. The molecule has 0 spiro atoms. The molecule has 1 aromatic carbocycles. The number of aryl methyl sites for hydroxylation is 1. The third-order valence-electron chi connectivity index (χ3n) is 5.60. The van der Waals surface area contributed by atoms with Gasteiger partial charge in [-0.3, -0.25) is 9.36 Å². The monoisotopic (exact) mass is 391 g/mol. The van der Waals surface area contributed by atoms with Crippen molar-refractivity contribution < 1.29 is 4.74 Å². The van der Waals surface area contributed by atoms with E-state index in [0.717, 1.165) is 36.3 Å². The molecule has 0 amide bonds. The summed E-state index contributed by atoms with van der Waals surface area (Å²) >= 11 is 0. The summed E-state index contributed by atoms with van der Waals surface area (Å²) in [5, 5.41) is 0.558. The fraction of sp³-hybridized carbons (Fsp3) is 0.455. The van der Waals surface area contributed by atoms with Gasteiger partial charge in [0.25, 0.3) is 5.56 Å². The smallest absolute Gasteiger partial charge is 0.265 e. The largest absolute Gasteiger partial charge is 0.376 e. The molecule has 150 valence electrons. The molecular formula is C22H25N5O2. The van der Waals surface area contributed by atoms with Gasteiger partial charge in [0.15, 0.2) is 11.3 Å². The highest BCUT2D eigenvalue weighted by Gasteiger charge is 2.24. The van der Waals surface area contributed by atoms with Crippen LogP contribution in [0, 0.1) is 12.8 Å². The van der Waals surface area contributed by atoms with Crippen molar-refractivity contribution in [3.8, 4) is 0 Å². The summed E-state index contributed by atoms with van der Waals surface area (Å²) in [5.74, 6) is 1.06. The number of para-hydroxylation sites is 2. The van der Waals surface area contributed by atoms with E-state index in [4.69, 9.17) is 19.7 Å². The maximum Gasteiger partial charge on any atom is 0.265 e. The van der Waals surface area contributed by atoms with E-state index in [9.17, 15) is 4.79 Å². The number of hydrogen-bond acceptors (Lipinski definition) is 5. The summed E-state index contributed by atoms with van der Waals surface area (Å²) in [5.41, 5.74) is 3.56. The van der Waals surface area contributed by atoms with Gasteiger partial charge >= 0.3 is 0 Å². The van der Waals surface area contributed by atoms with Crippen molar-refractivity contribution >= 4 is 33.2 Å². The van der Waals surface area contributed by atoms with Crippen LogP contribution in [0.1, 0.15) is 32.5 Å². The molecule has 1 aliphatic heterocycles. The Morgan fingerprint density at radius 1 is 1.10 bits per heavy atom. The van der Waals surface area contributed by atoms with E-state index in [1.807, 2.05) is 35.8 Å². The van der Waals surface area contributed by atoms with Crippen molar-refractivity contribution in [2.24, 2.45) is 5.92 Å². The molecule has 1 atom stereocenters. The summed E-state index contributed by atoms with van der Waals surface area (Å²) < 4.78 is 9.67. The van der Waals surface area contributed by atoms with Gasteiger partial charge in [-0.25, -0.2) is 15.0 Å². The van der Waals surface area contributed by atoms with Crippen LogP contribution in [0.3, 0.4) is 0 Å². The van der Waals surface area contributed by atoms with E-state index in [2.05, 4.69) is 13.8 Å². The molecule has 3 aromatic heterocycles. The van der Waals surface area contributed by atoms with Crippen molar-refractivity contribution in [1.82, 2.24) is 24.1 Å². The first kappa shape index (κ1) is 18.2. The second-order valence-corrected chi connectivity index (χ2v) is 8.30. The second-order valence-electron chi connectivity index (χ2n) is 8.30. The summed E-state index contributed by atoms with van der Waals surface area (Å²) in [4.78, 5) is 28.1. The van der Waals surface area contributed by atoms with Crippen LogP contribution in [-0.4, -0.2) is 36.8 Å². The van der Waals surface area contributed by atoms with Gasteiger partial charge in [-0.1, -0.05) is 26.0 Å². The van der Waals surface area contributed by atoms with Crippen molar-refractivity contribution in [2.45, 2.75) is 52.8 Å². The third-order valence-corrected chi connectivity index (χ3v) is 5.60. The number of nitrogens with zero attached hydrogens (tertiary/aromatic N) is 5. The zero-order valence-electron chi connectivity index (χ0n) is 17.1. The minimum Gasteiger partial charge on any atom is -0.376 e. The van der Waals surface area contributed by atoms with E-state index in [1.54, 1.807) is 4.57 Å². The van der Waals surface area contributed by atoms with E-state index >= 15 is 0 Å². The van der Waals surface area contributed by atoms with Crippen LogP contribution in [0.5, 0.6) is 0 Å². The third kappa shape index (κ3) is 3.00. The molecule has 1 unspecified atom stereocenters. The van der Waals surface area contributed by atoms with E-state index < -0.39 is 0 Å². The molecule has 7 heteroatoms. The molecule has 7 nitrogen and oxygen atoms in total. The Morgan fingerprint density at radius 3 is 2.55 bits per heavy atom. The lowest BCUT2D eigenvalue weighted by atomic mass is 10.2. The lowest BCUT2D eigenvalue weighted by Crippen LogP contribution is -2.26. The lowest BCUT2D eigenvalue weighted by Gasteiger charge is -2.14. The highest BCUT2D eigenvalue weighted by molar-refractivity contribution is 6.04. The molecule has 5 rings (SSSR count). The number of fused-ring (bicyclic) bond motifs is 4. The SMILES string of the molecule is Cc1nc2c(c(=O)n1CC(C)C)c1nc3ccccc3nc1n2CC1CCCO1. The molecule has 1 fully saturated rings. The number of hydrogen-bond donors (Lipinski definition) is 0. The maximum atomic E-state index is 13.5. The maximum absolute atomic E-state index is 13.5. The Balaban J connectivity index is 1.86. The fourth-order valence-corrected chi connectivity index (χ4v) is 4.24. The van der Waals surface area contributed by atoms with Crippen molar-refractivity contribution in [1.29, 1.82) is 0 Å². The predicted octanol–water partition coefficient (Wildman–Crippen LogP) is 3.44. The van der Waals surface area contributed by atoms with Gasteiger partial charge in [-0.05, 0) is 37.8 Å². The van der Waals surface area contributed by atoms with E-state index in [0.29, 0.717) is 41.2 Å². The van der Waals surface area contributed by atoms with Gasteiger partial charge in [0, 0.05) is 13.2 Å². The van der Waals surface area contributed by atoms with Gasteiger partial charge in [-0.15, -0.1) is 0 Å². The molecule has 1 saturated heterocycles. The van der Waals surface area contributed by atoms with Crippen molar-refractivity contribution in [2.75, 3.05) is 6.61 Å². The van der Waals surface area contributed by atoms with Gasteiger partial charge in [0.2, 0.25) is 0 Å². The normalized spacial score (nSPS) is 17.3. The van der Waals surface area contributed by atoms with Crippen LogP contribution in [0.2, 0.25) is 0 Å². The molecular weight excluding hydrogens is 366 g/mol. The fourth-order valence-electron chi connectivity index (χ4n) is 4.24. The molecule has 0 bridgehead atoms. The van der Waals surface area contributed by atoms with E-state index in [1.165, 1.54) is 0 Å². The standard InChI is InChI=1S/C22H25N5O2/c1-13(2)11-26-14(3)23-20-18(22(26)28)19-21(27(20)12-15-7-6-10-29-15)25-17-9-5-4-8-16(17)24-19/h4-5,8-9,13,15H,6-7,10-12H2,1-3H3. The molecule has 0 N–H and O–H groups in total. The van der Waals surface area contributed by atoms with Crippen LogP contribution in [0.15, 0.2) is 29.1 Å². The van der Waals surface area contributed by atoms with Crippen LogP contribution >= 0.6 is 0 Å². The zero-order chi connectivity index (χ0) is 20.1. The minimum absolute atomic E-state index is 0.0399. The van der Waals surface area contributed by atoms with Gasteiger partial charge in [-0.2, -0.15) is 0 Å². The van der Waals surface area contributed by atoms with Crippen LogP contribution in [-0.2, 0) is 17.8 Å². The van der Waals surface area contributed by atoms with Gasteiger partial charge in [0.05, 0.1) is 23.7 Å². The molecule has 4 aromatic rings. The van der Waals surface area contributed by atoms with E-state index in [-0.39, 0.29) is 11.7 Å². The van der Waals surface area contributed by atoms with Crippen LogP contribution in [0.25, 0.3) is 33.2 Å². The highest BCUT2D eigenvalue weighted by Crippen LogP contribution is 2.27. The molecule has 29 heavy (non-hydrogen) atoms. The first-order valence-corrected chi connectivity index (χ1v) is 10.3.